The number of nitrogens with one attached hydrogen (secondary N) is 1. The minimum atomic E-state index is -0.118. The molecule has 1 N–H and O–H groups in total. The standard InChI is InChI=1S/C9H18BrNO/c1-6(2)11-8(12)7(10)9(3,4)5/h6-7H,1-5H3,(H,11,12). The molecule has 3 heteroatoms. The fraction of sp³-hybridized carbons (Fsp3) is 0.889. The Bertz CT molecular complexity index is 160. The van der Waals surface area contributed by atoms with E-state index in [2.05, 4.69) is 21.2 Å². The highest BCUT2D eigenvalue weighted by Gasteiger charge is 2.28. The van der Waals surface area contributed by atoms with Crippen molar-refractivity contribution < 1.29 is 4.79 Å². The zero-order chi connectivity index (χ0) is 9.94. The Balaban J connectivity index is 4.12. The molecule has 72 valence electrons. The average Bonchev–Trinajstić information content (AvgIpc) is 1.82. The molecule has 2 nitrogen and oxygen atoms in total. The van der Waals surface area contributed by atoms with Gasteiger partial charge in [0.05, 0.1) is 4.83 Å². The van der Waals surface area contributed by atoms with E-state index >= 15 is 0 Å². The molecule has 0 bridgehead atoms. The van der Waals surface area contributed by atoms with Gasteiger partial charge in [0.25, 0.3) is 0 Å². The number of rotatable bonds is 2. The summed E-state index contributed by atoms with van der Waals surface area (Å²) in [5.41, 5.74) is -0.0288. The summed E-state index contributed by atoms with van der Waals surface area (Å²) in [6.45, 7) is 10.0. The first kappa shape index (κ1) is 11.9. The molecular weight excluding hydrogens is 218 g/mol. The Morgan fingerprint density at radius 1 is 1.33 bits per heavy atom. The minimum absolute atomic E-state index is 0.0288. The van der Waals surface area contributed by atoms with Crippen LogP contribution in [0.1, 0.15) is 34.6 Å². The Morgan fingerprint density at radius 3 is 2.00 bits per heavy atom. The van der Waals surface area contributed by atoms with Crippen molar-refractivity contribution in [1.82, 2.24) is 5.32 Å². The lowest BCUT2D eigenvalue weighted by Gasteiger charge is -2.25. The van der Waals surface area contributed by atoms with Gasteiger partial charge in [0.2, 0.25) is 5.91 Å². The summed E-state index contributed by atoms with van der Waals surface area (Å²) in [5, 5.41) is 2.86. The minimum Gasteiger partial charge on any atom is -0.353 e. The molecule has 0 aromatic carbocycles. The first-order chi connectivity index (χ1) is 5.25. The fourth-order valence-corrected chi connectivity index (χ4v) is 0.883. The first-order valence-corrected chi connectivity index (χ1v) is 5.11. The van der Waals surface area contributed by atoms with Gasteiger partial charge in [-0.05, 0) is 19.3 Å². The quantitative estimate of drug-likeness (QED) is 0.732. The van der Waals surface area contributed by atoms with Crippen molar-refractivity contribution in [2.24, 2.45) is 5.41 Å². The normalized spacial score (nSPS) is 14.6. The van der Waals surface area contributed by atoms with Gasteiger partial charge in [-0.3, -0.25) is 4.79 Å². The molecule has 0 rings (SSSR count). The first-order valence-electron chi connectivity index (χ1n) is 4.19. The van der Waals surface area contributed by atoms with Crippen molar-refractivity contribution in [2.75, 3.05) is 0 Å². The molecule has 0 radical (unpaired) electrons. The summed E-state index contributed by atoms with van der Waals surface area (Å²) in [6, 6.07) is 0.208. The molecule has 1 atom stereocenters. The molecule has 1 unspecified atom stereocenters. The van der Waals surface area contributed by atoms with E-state index in [-0.39, 0.29) is 22.2 Å². The second kappa shape index (κ2) is 4.26. The van der Waals surface area contributed by atoms with Crippen LogP contribution >= 0.6 is 15.9 Å². The maximum atomic E-state index is 11.4. The van der Waals surface area contributed by atoms with Crippen molar-refractivity contribution in [3.63, 3.8) is 0 Å². The van der Waals surface area contributed by atoms with Gasteiger partial charge in [0.15, 0.2) is 0 Å². The Hall–Kier alpha value is -0.0500. The van der Waals surface area contributed by atoms with Gasteiger partial charge in [-0.15, -0.1) is 0 Å². The van der Waals surface area contributed by atoms with Crippen LogP contribution in [0, 0.1) is 5.41 Å². The van der Waals surface area contributed by atoms with E-state index in [0.29, 0.717) is 0 Å². The van der Waals surface area contributed by atoms with Crippen molar-refractivity contribution in [2.45, 2.75) is 45.5 Å². The van der Waals surface area contributed by atoms with Gasteiger partial charge in [0.1, 0.15) is 0 Å². The lowest BCUT2D eigenvalue weighted by atomic mass is 9.91. The third kappa shape index (κ3) is 4.10. The van der Waals surface area contributed by atoms with Crippen LogP contribution in [0.25, 0.3) is 0 Å². The highest BCUT2D eigenvalue weighted by molar-refractivity contribution is 9.10. The predicted octanol–water partition coefficient (Wildman–Crippen LogP) is 2.32. The molecule has 0 saturated heterocycles. The highest BCUT2D eigenvalue weighted by atomic mass is 79.9. The van der Waals surface area contributed by atoms with E-state index in [1.165, 1.54) is 0 Å². The molecule has 0 aliphatic rings. The van der Waals surface area contributed by atoms with Gasteiger partial charge in [-0.1, -0.05) is 36.7 Å². The second-order valence-electron chi connectivity index (χ2n) is 4.39. The molecule has 0 aliphatic carbocycles. The lowest BCUT2D eigenvalue weighted by molar-refractivity contribution is -0.122. The number of hydrogen-bond donors (Lipinski definition) is 1. The number of carbonyl (C=O) groups is 1. The second-order valence-corrected chi connectivity index (χ2v) is 5.31. The molecular formula is C9H18BrNO. The van der Waals surface area contributed by atoms with E-state index < -0.39 is 0 Å². The van der Waals surface area contributed by atoms with Crippen LogP contribution in [0.4, 0.5) is 0 Å². The van der Waals surface area contributed by atoms with Crippen LogP contribution in [0.2, 0.25) is 0 Å². The van der Waals surface area contributed by atoms with Gasteiger partial charge in [-0.25, -0.2) is 0 Å². The topological polar surface area (TPSA) is 29.1 Å². The van der Waals surface area contributed by atoms with Gasteiger partial charge < -0.3 is 5.32 Å². The summed E-state index contributed by atoms with van der Waals surface area (Å²) in [7, 11) is 0. The lowest BCUT2D eigenvalue weighted by Crippen LogP contribution is -2.41. The predicted molar refractivity (Wildman–Crippen MR) is 55.4 cm³/mol. The smallest absolute Gasteiger partial charge is 0.234 e. The number of carbonyl (C=O) groups excluding carboxylic acids is 1. The van der Waals surface area contributed by atoms with Crippen LogP contribution in [0.5, 0.6) is 0 Å². The van der Waals surface area contributed by atoms with Crippen molar-refractivity contribution in [3.8, 4) is 0 Å². The maximum Gasteiger partial charge on any atom is 0.234 e. The van der Waals surface area contributed by atoms with Crippen molar-refractivity contribution in [1.29, 1.82) is 0 Å². The zero-order valence-corrected chi connectivity index (χ0v) is 10.0. The van der Waals surface area contributed by atoms with E-state index in [1.54, 1.807) is 0 Å². The molecule has 12 heavy (non-hydrogen) atoms. The summed E-state index contributed by atoms with van der Waals surface area (Å²) >= 11 is 3.38. The number of halogens is 1. The number of amides is 1. The molecule has 0 fully saturated rings. The van der Waals surface area contributed by atoms with E-state index in [1.807, 2.05) is 34.6 Å². The Morgan fingerprint density at radius 2 is 1.75 bits per heavy atom. The summed E-state index contributed by atoms with van der Waals surface area (Å²) in [5.74, 6) is 0.0671. The van der Waals surface area contributed by atoms with Crippen molar-refractivity contribution in [3.05, 3.63) is 0 Å². The van der Waals surface area contributed by atoms with Crippen LogP contribution in [-0.4, -0.2) is 16.8 Å². The molecule has 1 amide bonds. The largest absolute Gasteiger partial charge is 0.353 e. The van der Waals surface area contributed by atoms with Crippen LogP contribution < -0.4 is 5.32 Å². The highest BCUT2D eigenvalue weighted by Crippen LogP contribution is 2.25. The Labute approximate surface area is 83.2 Å². The Kier molecular flexibility index (Phi) is 4.24. The van der Waals surface area contributed by atoms with Gasteiger partial charge >= 0.3 is 0 Å². The molecule has 0 aromatic heterocycles. The summed E-state index contributed by atoms with van der Waals surface area (Å²) in [4.78, 5) is 11.3. The third-order valence-electron chi connectivity index (χ3n) is 1.42. The molecule has 0 aliphatic heterocycles. The van der Waals surface area contributed by atoms with Gasteiger partial charge in [-0.2, -0.15) is 0 Å². The number of hydrogen-bond acceptors (Lipinski definition) is 1. The monoisotopic (exact) mass is 235 g/mol. The third-order valence-corrected chi connectivity index (χ3v) is 3.21. The molecule has 0 aromatic rings. The summed E-state index contributed by atoms with van der Waals surface area (Å²) < 4.78 is 0. The zero-order valence-electron chi connectivity index (χ0n) is 8.44. The fourth-order valence-electron chi connectivity index (χ4n) is 0.751. The molecule has 0 spiro atoms. The average molecular weight is 236 g/mol. The van der Waals surface area contributed by atoms with Crippen LogP contribution in [0.3, 0.4) is 0 Å². The molecule has 0 heterocycles. The van der Waals surface area contributed by atoms with E-state index in [9.17, 15) is 4.79 Å². The summed E-state index contributed by atoms with van der Waals surface area (Å²) in [6.07, 6.45) is 0. The van der Waals surface area contributed by atoms with Gasteiger partial charge in [0, 0.05) is 6.04 Å². The van der Waals surface area contributed by atoms with E-state index in [4.69, 9.17) is 0 Å². The SMILES string of the molecule is CC(C)NC(=O)C(Br)C(C)(C)C. The van der Waals surface area contributed by atoms with Crippen LogP contribution in [-0.2, 0) is 4.79 Å². The van der Waals surface area contributed by atoms with Crippen molar-refractivity contribution >= 4 is 21.8 Å². The number of alkyl halides is 1. The molecule has 0 saturated carbocycles. The van der Waals surface area contributed by atoms with E-state index in [0.717, 1.165) is 0 Å². The maximum absolute atomic E-state index is 11.4. The van der Waals surface area contributed by atoms with Crippen LogP contribution in [0.15, 0.2) is 0 Å².